The van der Waals surface area contributed by atoms with Crippen LogP contribution in [0.2, 0.25) is 0 Å². The Balaban J connectivity index is 1.43. The van der Waals surface area contributed by atoms with E-state index >= 15 is 0 Å². The van der Waals surface area contributed by atoms with Crippen molar-refractivity contribution in [2.75, 3.05) is 9.80 Å². The van der Waals surface area contributed by atoms with Crippen LogP contribution in [0, 0.1) is 6.92 Å². The molecule has 0 N–H and O–H groups in total. The second-order valence-electron chi connectivity index (χ2n) is 21.8. The monoisotopic (exact) mass is 739 g/mol. The van der Waals surface area contributed by atoms with Crippen LogP contribution in [0.15, 0.2) is 72.8 Å². The lowest BCUT2D eigenvalue weighted by atomic mass is 9.33. The van der Waals surface area contributed by atoms with Gasteiger partial charge in [-0.25, -0.2) is 0 Å². The molecule has 4 aliphatic rings. The van der Waals surface area contributed by atoms with Gasteiger partial charge in [0.05, 0.1) is 5.69 Å². The second-order valence-corrected chi connectivity index (χ2v) is 21.8. The molecular formula is C53H63BN2. The number of anilines is 6. The smallest absolute Gasteiger partial charge is 0.252 e. The topological polar surface area (TPSA) is 6.48 Å². The van der Waals surface area contributed by atoms with Crippen LogP contribution in [0.3, 0.4) is 0 Å². The highest BCUT2D eigenvalue weighted by atomic mass is 15.2. The summed E-state index contributed by atoms with van der Waals surface area (Å²) >= 11 is 0. The molecule has 0 radical (unpaired) electrons. The maximum absolute atomic E-state index is 2.78. The van der Waals surface area contributed by atoms with Crippen molar-refractivity contribution in [3.05, 3.63) is 123 Å². The average molecular weight is 739 g/mol. The van der Waals surface area contributed by atoms with E-state index in [2.05, 4.69) is 173 Å². The van der Waals surface area contributed by atoms with Gasteiger partial charge in [-0.2, -0.15) is 0 Å². The van der Waals surface area contributed by atoms with Crippen LogP contribution in [0.4, 0.5) is 34.1 Å². The first-order chi connectivity index (χ1) is 26.2. The summed E-state index contributed by atoms with van der Waals surface area (Å²) in [6.07, 6.45) is 7.23. The average Bonchev–Trinajstić information content (AvgIpc) is 3.78. The Morgan fingerprint density at radius 1 is 0.446 bits per heavy atom. The zero-order valence-electron chi connectivity index (χ0n) is 36.6. The normalized spacial score (nSPS) is 16.1. The minimum Gasteiger partial charge on any atom is -0.311 e. The summed E-state index contributed by atoms with van der Waals surface area (Å²) in [6, 6.07) is 30.1. The van der Waals surface area contributed by atoms with Gasteiger partial charge in [0.15, 0.2) is 0 Å². The van der Waals surface area contributed by atoms with Crippen LogP contribution in [-0.4, -0.2) is 6.71 Å². The van der Waals surface area contributed by atoms with E-state index in [4.69, 9.17) is 0 Å². The molecule has 9 rings (SSSR count). The van der Waals surface area contributed by atoms with Crippen molar-refractivity contribution < 1.29 is 0 Å². The highest BCUT2D eigenvalue weighted by molar-refractivity contribution is 7.00. The lowest BCUT2D eigenvalue weighted by Gasteiger charge is -2.46. The number of nitrogens with zero attached hydrogens (tertiary/aromatic N) is 2. The standard InChI is InChI=1S/C53H63BN2/c1-32-24-46-48-47(25-32)56(49-40-18-14-16-33(40)26-34-17-15-19-41(34)49)45-23-21-36(51(5,6)7)31-43(45)54(48)42-30-35(50(2,3)4)20-22-44(42)55(46)39-28-37(52(8,9)10)27-38(29-39)53(11,12)13/h20-31H,14-19H2,1-13H3. The third-order valence-electron chi connectivity index (χ3n) is 13.5. The fraction of sp³-hybridized carbons (Fsp3) is 0.434. The van der Waals surface area contributed by atoms with Gasteiger partial charge in [0.1, 0.15) is 0 Å². The molecular weight excluding hydrogens is 675 g/mol. The summed E-state index contributed by atoms with van der Waals surface area (Å²) in [7, 11) is 0. The SMILES string of the molecule is Cc1cc2c3c(c1)N(c1c4c(cc5c1CCC5)CCC4)c1ccc(C(C)(C)C)cc1B3c1cc(C(C)(C)C)ccc1N2c1cc(C(C)(C)C)cc(C(C)(C)C)c1. The molecule has 56 heavy (non-hydrogen) atoms. The summed E-state index contributed by atoms with van der Waals surface area (Å²) in [5, 5.41) is 0. The fourth-order valence-electron chi connectivity index (χ4n) is 10.3. The highest BCUT2D eigenvalue weighted by Gasteiger charge is 2.45. The summed E-state index contributed by atoms with van der Waals surface area (Å²) in [5.41, 5.74) is 25.8. The summed E-state index contributed by atoms with van der Waals surface area (Å²) in [6.45, 7) is 30.8. The van der Waals surface area contributed by atoms with Crippen molar-refractivity contribution in [1.29, 1.82) is 0 Å². The van der Waals surface area contributed by atoms with E-state index in [9.17, 15) is 0 Å². The van der Waals surface area contributed by atoms with Crippen molar-refractivity contribution >= 4 is 57.2 Å². The molecule has 5 aromatic rings. The Bertz CT molecular complexity index is 2370. The molecule has 2 heterocycles. The predicted molar refractivity (Wildman–Crippen MR) is 244 cm³/mol. The van der Waals surface area contributed by atoms with E-state index in [0.717, 1.165) is 0 Å². The van der Waals surface area contributed by atoms with Crippen LogP contribution in [0.1, 0.15) is 146 Å². The Kier molecular flexibility index (Phi) is 8.26. The zero-order valence-corrected chi connectivity index (χ0v) is 36.6. The largest absolute Gasteiger partial charge is 0.311 e. The molecule has 0 saturated heterocycles. The van der Waals surface area contributed by atoms with Gasteiger partial charge in [-0.15, -0.1) is 0 Å². The molecule has 2 aliphatic carbocycles. The molecule has 0 bridgehead atoms. The number of hydrogen-bond acceptors (Lipinski definition) is 2. The van der Waals surface area contributed by atoms with Crippen molar-refractivity contribution in [2.24, 2.45) is 0 Å². The molecule has 0 fully saturated rings. The number of aryl methyl sites for hydroxylation is 3. The van der Waals surface area contributed by atoms with Crippen molar-refractivity contribution in [3.8, 4) is 0 Å². The van der Waals surface area contributed by atoms with Gasteiger partial charge in [-0.1, -0.05) is 119 Å². The third-order valence-corrected chi connectivity index (χ3v) is 13.5. The van der Waals surface area contributed by atoms with E-state index in [0.29, 0.717) is 0 Å². The van der Waals surface area contributed by atoms with Crippen LogP contribution in [0.5, 0.6) is 0 Å². The lowest BCUT2D eigenvalue weighted by molar-refractivity contribution is 0.568. The minimum absolute atomic E-state index is 0.00640. The molecule has 0 amide bonds. The summed E-state index contributed by atoms with van der Waals surface area (Å²) < 4.78 is 0. The van der Waals surface area contributed by atoms with Crippen molar-refractivity contribution in [2.45, 2.75) is 150 Å². The number of benzene rings is 5. The van der Waals surface area contributed by atoms with Gasteiger partial charge in [-0.05, 0) is 170 Å². The molecule has 2 nitrogen and oxygen atoms in total. The zero-order chi connectivity index (χ0) is 39.9. The molecule has 288 valence electrons. The van der Waals surface area contributed by atoms with Crippen molar-refractivity contribution in [3.63, 3.8) is 0 Å². The Morgan fingerprint density at radius 2 is 0.893 bits per heavy atom. The first-order valence-electron chi connectivity index (χ1n) is 21.6. The molecule has 5 aromatic carbocycles. The molecule has 0 unspecified atom stereocenters. The molecule has 0 spiro atoms. The Morgan fingerprint density at radius 3 is 1.36 bits per heavy atom. The predicted octanol–water partition coefficient (Wildman–Crippen LogP) is 12.2. The number of rotatable bonds is 2. The fourth-order valence-corrected chi connectivity index (χ4v) is 10.3. The van der Waals surface area contributed by atoms with Gasteiger partial charge < -0.3 is 9.80 Å². The third kappa shape index (κ3) is 5.89. The quantitative estimate of drug-likeness (QED) is 0.163. The maximum atomic E-state index is 2.78. The molecule has 0 saturated carbocycles. The molecule has 0 aromatic heterocycles. The minimum atomic E-state index is 0.00640. The first kappa shape index (κ1) is 37.3. The van der Waals surface area contributed by atoms with Gasteiger partial charge in [0.2, 0.25) is 0 Å². The van der Waals surface area contributed by atoms with E-state index < -0.39 is 0 Å². The van der Waals surface area contributed by atoms with E-state index in [1.54, 1.807) is 22.3 Å². The van der Waals surface area contributed by atoms with Crippen molar-refractivity contribution in [1.82, 2.24) is 0 Å². The van der Waals surface area contributed by atoms with Crippen LogP contribution in [0.25, 0.3) is 0 Å². The summed E-state index contributed by atoms with van der Waals surface area (Å²) in [4.78, 5) is 5.44. The summed E-state index contributed by atoms with van der Waals surface area (Å²) in [5.74, 6) is 0. The maximum Gasteiger partial charge on any atom is 0.252 e. The first-order valence-corrected chi connectivity index (χ1v) is 21.6. The Hall–Kier alpha value is -4.24. The van der Waals surface area contributed by atoms with Gasteiger partial charge in [0.25, 0.3) is 6.71 Å². The van der Waals surface area contributed by atoms with Gasteiger partial charge in [-0.3, -0.25) is 0 Å². The van der Waals surface area contributed by atoms with Gasteiger partial charge >= 0.3 is 0 Å². The molecule has 0 atom stereocenters. The van der Waals surface area contributed by atoms with E-state index in [1.165, 1.54) is 117 Å². The number of fused-ring (bicyclic) bond motifs is 6. The van der Waals surface area contributed by atoms with Crippen LogP contribution >= 0.6 is 0 Å². The Labute approximate surface area is 338 Å². The highest BCUT2D eigenvalue weighted by Crippen LogP contribution is 2.51. The molecule has 2 aliphatic heterocycles. The second kappa shape index (κ2) is 12.4. The lowest BCUT2D eigenvalue weighted by Crippen LogP contribution is -2.61. The molecule has 3 heteroatoms. The van der Waals surface area contributed by atoms with Crippen LogP contribution in [-0.2, 0) is 47.3 Å². The van der Waals surface area contributed by atoms with Crippen LogP contribution < -0.4 is 26.2 Å². The van der Waals surface area contributed by atoms with Gasteiger partial charge in [0, 0.05) is 28.4 Å². The number of hydrogen-bond donors (Lipinski definition) is 0. The van der Waals surface area contributed by atoms with E-state index in [1.807, 2.05) is 0 Å². The van der Waals surface area contributed by atoms with E-state index in [-0.39, 0.29) is 28.4 Å².